The van der Waals surface area contributed by atoms with E-state index in [2.05, 4.69) is 328 Å². The first-order chi connectivity index (χ1) is 53.5. The Morgan fingerprint density at radius 1 is 0.185 bits per heavy atom. The molecular weight excluding hydrogens is 1350 g/mol. The maximum Gasteiger partial charge on any atom is 0.160 e. The molecule has 0 aliphatic carbocycles. The standard InChI is InChI=1S/C53H33N3S.C47H29N3S/c1-3-12-34(13-4-1)35-22-24-38(25-23-35)48-33-47(37-15-5-2-6-16-37)55-53(56-48)40-28-26-39(27-29-40)51-50-44-19-9-10-21-49(44)57-52(50)45-32-41(30-31-46(45)54-51)43-20-11-17-36-14-7-8-18-42(36)43;1-3-13-31(14-4-1)41-29-42(32-15-5-2-6-16-32)50-47(49-41)34-24-22-33(23-25-34)45-44-38-19-9-10-21-43(38)51-46(44)39-28-35(26-27-40(39)48-45)37-20-11-17-30-12-7-8-18-36(30)37/h1-33H;1-29H. The van der Waals surface area contributed by atoms with Crippen LogP contribution in [0, 0.1) is 0 Å². The fourth-order valence-corrected chi connectivity index (χ4v) is 17.7. The van der Waals surface area contributed by atoms with Gasteiger partial charge in [0.1, 0.15) is 0 Å². The SMILES string of the molecule is c1ccc(-c2cc(-c3ccccc3)nc(-c3ccc(-c4nc5ccc(-c6cccc7ccccc67)cc5c5sc6ccccc6c45)cc3)n2)cc1.c1ccc(-c2ccc(-c3cc(-c4ccccc4)nc(-c4ccc(-c5nc6ccc(-c7cccc8ccccc78)cc6c6sc7ccccc7c56)cc4)n3)cc2)cc1. The molecule has 0 aliphatic heterocycles. The van der Waals surface area contributed by atoms with E-state index in [0.29, 0.717) is 11.6 Å². The van der Waals surface area contributed by atoms with Crippen molar-refractivity contribution in [3.8, 4) is 124 Å². The monoisotopic (exact) mass is 1410 g/mol. The molecule has 6 heterocycles. The molecule has 15 aromatic carbocycles. The average Bonchev–Trinajstić information content (AvgIpc) is 1.53. The van der Waals surface area contributed by atoms with Crippen LogP contribution in [-0.4, -0.2) is 29.9 Å². The van der Waals surface area contributed by atoms with Crippen LogP contribution in [0.25, 0.3) is 207 Å². The van der Waals surface area contributed by atoms with Gasteiger partial charge in [-0.2, -0.15) is 0 Å². The topological polar surface area (TPSA) is 77.3 Å². The van der Waals surface area contributed by atoms with Crippen molar-refractivity contribution in [3.63, 3.8) is 0 Å². The van der Waals surface area contributed by atoms with Crippen molar-refractivity contribution >= 4 is 106 Å². The van der Waals surface area contributed by atoms with Crippen LogP contribution in [-0.2, 0) is 0 Å². The van der Waals surface area contributed by atoms with Gasteiger partial charge in [-0.25, -0.2) is 29.9 Å². The van der Waals surface area contributed by atoms with Crippen molar-refractivity contribution in [3.05, 3.63) is 376 Å². The summed E-state index contributed by atoms with van der Waals surface area (Å²) in [6.07, 6.45) is 0. The van der Waals surface area contributed by atoms with Crippen molar-refractivity contribution in [1.29, 1.82) is 0 Å². The molecule has 6 nitrogen and oxygen atoms in total. The molecule has 0 unspecified atom stereocenters. The number of fused-ring (bicyclic) bond motifs is 12. The lowest BCUT2D eigenvalue weighted by atomic mass is 9.96. The third kappa shape index (κ3) is 11.9. The largest absolute Gasteiger partial charge is 0.247 e. The third-order valence-electron chi connectivity index (χ3n) is 20.6. The number of rotatable bonds is 11. The van der Waals surface area contributed by atoms with Crippen LogP contribution in [0.5, 0.6) is 0 Å². The third-order valence-corrected chi connectivity index (χ3v) is 23.0. The molecule has 0 N–H and O–H groups in total. The van der Waals surface area contributed by atoms with Crippen LogP contribution >= 0.6 is 22.7 Å². The summed E-state index contributed by atoms with van der Waals surface area (Å²) in [5, 5.41) is 12.2. The van der Waals surface area contributed by atoms with Crippen molar-refractivity contribution in [2.24, 2.45) is 0 Å². The molecule has 8 heteroatoms. The summed E-state index contributed by atoms with van der Waals surface area (Å²) < 4.78 is 5.03. The van der Waals surface area contributed by atoms with Gasteiger partial charge in [0.05, 0.1) is 45.2 Å². The normalized spacial score (nSPS) is 11.5. The van der Waals surface area contributed by atoms with Crippen molar-refractivity contribution < 1.29 is 0 Å². The fourth-order valence-electron chi connectivity index (χ4n) is 15.2. The van der Waals surface area contributed by atoms with E-state index in [1.807, 2.05) is 71.2 Å². The minimum atomic E-state index is 0.684. The van der Waals surface area contributed by atoms with E-state index in [9.17, 15) is 0 Å². The van der Waals surface area contributed by atoms with Gasteiger partial charge in [0.15, 0.2) is 11.6 Å². The molecule has 0 saturated carbocycles. The maximum absolute atomic E-state index is 5.41. The van der Waals surface area contributed by atoms with Crippen molar-refractivity contribution in [2.75, 3.05) is 0 Å². The zero-order chi connectivity index (χ0) is 71.4. The van der Waals surface area contributed by atoms with E-state index < -0.39 is 0 Å². The van der Waals surface area contributed by atoms with Gasteiger partial charge in [-0.3, -0.25) is 0 Å². The molecule has 0 bridgehead atoms. The van der Waals surface area contributed by atoms with Crippen LogP contribution in [0.1, 0.15) is 0 Å². The van der Waals surface area contributed by atoms with E-state index in [0.717, 1.165) is 89.7 Å². The average molecular weight is 1410 g/mol. The second-order valence-electron chi connectivity index (χ2n) is 27.2. The van der Waals surface area contributed by atoms with E-state index in [1.54, 1.807) is 0 Å². The van der Waals surface area contributed by atoms with E-state index in [-0.39, 0.29) is 0 Å². The van der Waals surface area contributed by atoms with Crippen LogP contribution in [0.4, 0.5) is 0 Å². The van der Waals surface area contributed by atoms with Gasteiger partial charge in [-0.1, -0.05) is 328 Å². The molecule has 21 aromatic rings. The molecule has 21 rings (SSSR count). The second kappa shape index (κ2) is 27.4. The Kier molecular flexibility index (Phi) is 16.2. The van der Waals surface area contributed by atoms with Crippen molar-refractivity contribution in [1.82, 2.24) is 29.9 Å². The first kappa shape index (κ1) is 63.9. The maximum atomic E-state index is 5.41. The van der Waals surface area contributed by atoms with E-state index in [4.69, 9.17) is 29.9 Å². The Morgan fingerprint density at radius 3 is 0.889 bits per heavy atom. The molecule has 0 atom stereocenters. The Bertz CT molecular complexity index is 6940. The van der Waals surface area contributed by atoms with Crippen LogP contribution in [0.15, 0.2) is 376 Å². The zero-order valence-corrected chi connectivity index (χ0v) is 59.9. The molecule has 0 radical (unpaired) electrons. The predicted molar refractivity (Wildman–Crippen MR) is 455 cm³/mol. The highest BCUT2D eigenvalue weighted by atomic mass is 32.1. The summed E-state index contributed by atoms with van der Waals surface area (Å²) in [5.74, 6) is 1.38. The summed E-state index contributed by atoms with van der Waals surface area (Å²) in [4.78, 5) is 31.2. The molecule has 504 valence electrons. The Labute approximate surface area is 631 Å². The van der Waals surface area contributed by atoms with Crippen molar-refractivity contribution in [2.45, 2.75) is 0 Å². The highest BCUT2D eigenvalue weighted by Crippen LogP contribution is 2.47. The molecule has 108 heavy (non-hydrogen) atoms. The number of hydrogen-bond acceptors (Lipinski definition) is 8. The fraction of sp³-hybridized carbons (Fsp3) is 0. The first-order valence-electron chi connectivity index (χ1n) is 36.3. The number of hydrogen-bond donors (Lipinski definition) is 0. The second-order valence-corrected chi connectivity index (χ2v) is 29.3. The van der Waals surface area contributed by atoms with Crippen LogP contribution < -0.4 is 0 Å². The molecule has 0 amide bonds. The minimum Gasteiger partial charge on any atom is -0.247 e. The summed E-state index contributed by atoms with van der Waals surface area (Å²) in [6, 6.07) is 133. The van der Waals surface area contributed by atoms with Gasteiger partial charge in [-0.05, 0) is 103 Å². The number of aromatic nitrogens is 6. The Balaban J connectivity index is 0.000000143. The van der Waals surface area contributed by atoms with Gasteiger partial charge < -0.3 is 0 Å². The summed E-state index contributed by atoms with van der Waals surface area (Å²) in [6.45, 7) is 0. The van der Waals surface area contributed by atoms with Crippen LogP contribution in [0.3, 0.4) is 0 Å². The minimum absolute atomic E-state index is 0.684. The van der Waals surface area contributed by atoms with Crippen LogP contribution in [0.2, 0.25) is 0 Å². The Hall–Kier alpha value is -13.8. The number of nitrogens with zero attached hydrogens (tertiary/aromatic N) is 6. The quantitative estimate of drug-likeness (QED) is 0.128. The number of benzene rings is 15. The van der Waals surface area contributed by atoms with Gasteiger partial charge in [0.25, 0.3) is 0 Å². The molecule has 0 saturated heterocycles. The van der Waals surface area contributed by atoms with Gasteiger partial charge in [0.2, 0.25) is 0 Å². The van der Waals surface area contributed by atoms with E-state index in [1.165, 1.54) is 106 Å². The Morgan fingerprint density at radius 2 is 0.481 bits per heavy atom. The summed E-state index contributed by atoms with van der Waals surface area (Å²) in [7, 11) is 0. The lowest BCUT2D eigenvalue weighted by Crippen LogP contribution is -1.96. The van der Waals surface area contributed by atoms with Gasteiger partial charge >= 0.3 is 0 Å². The first-order valence-corrected chi connectivity index (χ1v) is 37.9. The van der Waals surface area contributed by atoms with Gasteiger partial charge in [-0.15, -0.1) is 22.7 Å². The summed E-state index contributed by atoms with van der Waals surface area (Å²) in [5.41, 5.74) is 23.0. The molecule has 0 aliphatic rings. The van der Waals surface area contributed by atoms with Gasteiger partial charge in [0, 0.05) is 95.6 Å². The zero-order valence-electron chi connectivity index (χ0n) is 58.3. The predicted octanol–water partition coefficient (Wildman–Crippen LogP) is 27.4. The smallest absolute Gasteiger partial charge is 0.160 e. The summed E-state index contributed by atoms with van der Waals surface area (Å²) >= 11 is 3.69. The number of pyridine rings is 2. The van der Waals surface area contributed by atoms with E-state index >= 15 is 0 Å². The lowest BCUT2D eigenvalue weighted by molar-refractivity contribution is 1.18. The highest BCUT2D eigenvalue weighted by molar-refractivity contribution is 7.27. The molecule has 6 aromatic heterocycles. The highest BCUT2D eigenvalue weighted by Gasteiger charge is 2.22. The molecule has 0 fully saturated rings. The molecular formula is C100H62N6S2. The molecule has 0 spiro atoms. The number of thiophene rings is 2. The lowest BCUT2D eigenvalue weighted by Gasteiger charge is -2.12.